The molecule has 0 radical (unpaired) electrons. The van der Waals surface area contributed by atoms with Crippen molar-refractivity contribution in [1.29, 1.82) is 5.26 Å². The topological polar surface area (TPSA) is 49.6 Å². The van der Waals surface area contributed by atoms with E-state index in [1.54, 1.807) is 0 Å². The molecule has 1 aliphatic rings. The fourth-order valence-corrected chi connectivity index (χ4v) is 7.75. The third kappa shape index (κ3) is 5.05. The molecular weight excluding hydrogens is 619 g/mol. The molecular formula is C48H31N3. The summed E-state index contributed by atoms with van der Waals surface area (Å²) >= 11 is 0. The van der Waals surface area contributed by atoms with Crippen LogP contribution in [0.25, 0.3) is 56.2 Å². The molecule has 0 aliphatic heterocycles. The Morgan fingerprint density at radius 2 is 0.961 bits per heavy atom. The first-order valence-corrected chi connectivity index (χ1v) is 17.1. The number of hydrogen-bond acceptors (Lipinski definition) is 3. The highest BCUT2D eigenvalue weighted by Crippen LogP contribution is 2.58. The number of aromatic nitrogens is 2. The Kier molecular flexibility index (Phi) is 7.42. The molecule has 0 bridgehead atoms. The Hall–Kier alpha value is -6.89. The van der Waals surface area contributed by atoms with Crippen molar-refractivity contribution in [3.63, 3.8) is 0 Å². The SMILES string of the molecule is N#Cc1ccc(-c2cccc(-c3cc(-c4cccc5c4-c4ccccc4C5(c4ccccc4)c4ccccc4)nc(-c4ccccc4)n3)c2)cc1. The van der Waals surface area contributed by atoms with Crippen molar-refractivity contribution < 1.29 is 0 Å². The van der Waals surface area contributed by atoms with E-state index in [-0.39, 0.29) is 0 Å². The Morgan fingerprint density at radius 1 is 0.412 bits per heavy atom. The molecule has 0 amide bonds. The summed E-state index contributed by atoms with van der Waals surface area (Å²) in [5, 5.41) is 9.32. The standard InChI is InChI=1S/C48H31N3/c49-32-33-26-28-34(29-27-33)36-16-12-17-37(30-36)44-31-45(51-47(50-44)35-14-4-1-5-15-35)41-23-13-25-43-46(41)40-22-10-11-24-42(40)48(43,38-18-6-2-7-19-38)39-20-8-3-9-21-39/h1-31H. The van der Waals surface area contributed by atoms with Gasteiger partial charge in [0.15, 0.2) is 5.82 Å². The van der Waals surface area contributed by atoms with Gasteiger partial charge >= 0.3 is 0 Å². The molecule has 0 saturated carbocycles. The van der Waals surface area contributed by atoms with Crippen molar-refractivity contribution in [3.8, 4) is 62.2 Å². The van der Waals surface area contributed by atoms with E-state index in [1.807, 2.05) is 42.5 Å². The molecule has 9 rings (SSSR count). The smallest absolute Gasteiger partial charge is 0.160 e. The van der Waals surface area contributed by atoms with Gasteiger partial charge in [-0.3, -0.25) is 0 Å². The third-order valence-corrected chi connectivity index (χ3v) is 10.0. The zero-order valence-corrected chi connectivity index (χ0v) is 27.7. The van der Waals surface area contributed by atoms with Gasteiger partial charge in [-0.2, -0.15) is 5.26 Å². The molecule has 238 valence electrons. The average molecular weight is 650 g/mol. The van der Waals surface area contributed by atoms with Crippen LogP contribution in [0.2, 0.25) is 0 Å². The van der Waals surface area contributed by atoms with Crippen LogP contribution in [0.15, 0.2) is 188 Å². The molecule has 1 aliphatic carbocycles. The van der Waals surface area contributed by atoms with E-state index in [4.69, 9.17) is 9.97 Å². The second kappa shape index (κ2) is 12.5. The van der Waals surface area contributed by atoms with Crippen LogP contribution >= 0.6 is 0 Å². The molecule has 0 fully saturated rings. The predicted octanol–water partition coefficient (Wildman–Crippen LogP) is 11.4. The Labute approximate surface area is 297 Å². The minimum atomic E-state index is -0.502. The Balaban J connectivity index is 1.29. The van der Waals surface area contributed by atoms with E-state index >= 15 is 0 Å². The molecule has 0 N–H and O–H groups in total. The van der Waals surface area contributed by atoms with Gasteiger partial charge in [-0.1, -0.05) is 164 Å². The average Bonchev–Trinajstić information content (AvgIpc) is 3.53. The fraction of sp³-hybridized carbons (Fsp3) is 0.0208. The summed E-state index contributed by atoms with van der Waals surface area (Å²) in [6.45, 7) is 0. The minimum Gasteiger partial charge on any atom is -0.228 e. The van der Waals surface area contributed by atoms with Gasteiger partial charge in [0.2, 0.25) is 0 Å². The van der Waals surface area contributed by atoms with Crippen LogP contribution < -0.4 is 0 Å². The summed E-state index contributed by atoms with van der Waals surface area (Å²) in [5.41, 5.74) is 14.3. The van der Waals surface area contributed by atoms with Crippen LogP contribution in [-0.4, -0.2) is 9.97 Å². The van der Waals surface area contributed by atoms with Crippen LogP contribution in [-0.2, 0) is 5.41 Å². The molecule has 7 aromatic carbocycles. The molecule has 3 heteroatoms. The van der Waals surface area contributed by atoms with E-state index in [1.165, 1.54) is 33.4 Å². The second-order valence-corrected chi connectivity index (χ2v) is 12.9. The molecule has 0 spiro atoms. The second-order valence-electron chi connectivity index (χ2n) is 12.9. The van der Waals surface area contributed by atoms with E-state index in [0.29, 0.717) is 11.4 Å². The molecule has 0 unspecified atom stereocenters. The summed E-state index contributed by atoms with van der Waals surface area (Å²) in [7, 11) is 0. The molecule has 8 aromatic rings. The maximum absolute atomic E-state index is 9.32. The Morgan fingerprint density at radius 3 is 1.67 bits per heavy atom. The lowest BCUT2D eigenvalue weighted by atomic mass is 9.67. The lowest BCUT2D eigenvalue weighted by Gasteiger charge is -2.33. The number of benzene rings is 7. The highest BCUT2D eigenvalue weighted by atomic mass is 14.9. The maximum Gasteiger partial charge on any atom is 0.160 e. The predicted molar refractivity (Wildman–Crippen MR) is 206 cm³/mol. The van der Waals surface area contributed by atoms with Gasteiger partial charge < -0.3 is 0 Å². The van der Waals surface area contributed by atoms with Crippen molar-refractivity contribution in [1.82, 2.24) is 9.97 Å². The van der Waals surface area contributed by atoms with E-state index < -0.39 is 5.41 Å². The van der Waals surface area contributed by atoms with E-state index in [9.17, 15) is 5.26 Å². The molecule has 3 nitrogen and oxygen atoms in total. The van der Waals surface area contributed by atoms with Crippen LogP contribution in [0.5, 0.6) is 0 Å². The zero-order valence-electron chi connectivity index (χ0n) is 27.7. The first-order valence-electron chi connectivity index (χ1n) is 17.1. The lowest BCUT2D eigenvalue weighted by molar-refractivity contribution is 0.768. The highest BCUT2D eigenvalue weighted by molar-refractivity contribution is 5.95. The van der Waals surface area contributed by atoms with Gasteiger partial charge in [-0.05, 0) is 68.8 Å². The van der Waals surface area contributed by atoms with E-state index in [2.05, 4.69) is 152 Å². The normalized spacial score (nSPS) is 12.5. The summed E-state index contributed by atoms with van der Waals surface area (Å²) in [5.74, 6) is 0.674. The summed E-state index contributed by atoms with van der Waals surface area (Å²) in [4.78, 5) is 10.5. The molecule has 1 heterocycles. The molecule has 1 aromatic heterocycles. The van der Waals surface area contributed by atoms with Gasteiger partial charge in [0, 0.05) is 16.7 Å². The first kappa shape index (κ1) is 30.2. The minimum absolute atomic E-state index is 0.502. The van der Waals surface area contributed by atoms with Crippen molar-refractivity contribution >= 4 is 0 Å². The summed E-state index contributed by atoms with van der Waals surface area (Å²) < 4.78 is 0. The van der Waals surface area contributed by atoms with Gasteiger partial charge in [-0.15, -0.1) is 0 Å². The number of nitriles is 1. The summed E-state index contributed by atoms with van der Waals surface area (Å²) in [6.07, 6.45) is 0. The van der Waals surface area contributed by atoms with Crippen LogP contribution in [0.4, 0.5) is 0 Å². The lowest BCUT2D eigenvalue weighted by Crippen LogP contribution is -2.28. The molecule has 0 saturated heterocycles. The monoisotopic (exact) mass is 649 g/mol. The van der Waals surface area contributed by atoms with Crippen molar-refractivity contribution in [3.05, 3.63) is 216 Å². The largest absolute Gasteiger partial charge is 0.228 e. The quantitative estimate of drug-likeness (QED) is 0.180. The fourth-order valence-electron chi connectivity index (χ4n) is 7.75. The number of nitrogens with zero attached hydrogens (tertiary/aromatic N) is 3. The number of fused-ring (bicyclic) bond motifs is 3. The van der Waals surface area contributed by atoms with Crippen molar-refractivity contribution in [2.45, 2.75) is 5.41 Å². The zero-order chi connectivity index (χ0) is 34.2. The van der Waals surface area contributed by atoms with Gasteiger partial charge in [0.25, 0.3) is 0 Å². The highest BCUT2D eigenvalue weighted by Gasteiger charge is 2.46. The molecule has 0 atom stereocenters. The van der Waals surface area contributed by atoms with Gasteiger partial charge in [0.05, 0.1) is 28.4 Å². The number of rotatable bonds is 6. The maximum atomic E-state index is 9.32. The van der Waals surface area contributed by atoms with Gasteiger partial charge in [-0.25, -0.2) is 9.97 Å². The third-order valence-electron chi connectivity index (χ3n) is 10.0. The van der Waals surface area contributed by atoms with Crippen LogP contribution in [0.3, 0.4) is 0 Å². The summed E-state index contributed by atoms with van der Waals surface area (Å²) in [6, 6.07) is 67.9. The van der Waals surface area contributed by atoms with Crippen LogP contribution in [0.1, 0.15) is 27.8 Å². The van der Waals surface area contributed by atoms with Crippen LogP contribution in [0, 0.1) is 11.3 Å². The van der Waals surface area contributed by atoms with E-state index in [0.717, 1.165) is 39.2 Å². The first-order chi connectivity index (χ1) is 25.2. The molecule has 51 heavy (non-hydrogen) atoms. The van der Waals surface area contributed by atoms with Gasteiger partial charge in [0.1, 0.15) is 0 Å². The van der Waals surface area contributed by atoms with Crippen molar-refractivity contribution in [2.24, 2.45) is 0 Å². The Bertz CT molecular complexity index is 2530. The van der Waals surface area contributed by atoms with Crippen molar-refractivity contribution in [2.75, 3.05) is 0 Å². The number of hydrogen-bond donors (Lipinski definition) is 0.